The van der Waals surface area contributed by atoms with Crippen LogP contribution < -0.4 is 9.46 Å². The Morgan fingerprint density at radius 2 is 1.46 bits per heavy atom. The first-order chi connectivity index (χ1) is 13.6. The fraction of sp³-hybridized carbons (Fsp3) is 0.0455. The number of para-hydroxylation sites is 1. The number of ether oxygens (including phenoxy) is 1. The highest BCUT2D eigenvalue weighted by Crippen LogP contribution is 2.26. The number of nitrogens with zero attached hydrogens (tertiary/aromatic N) is 1. The van der Waals surface area contributed by atoms with E-state index in [1.54, 1.807) is 49.7 Å². The smallest absolute Gasteiger partial charge is 0.261 e. The van der Waals surface area contributed by atoms with Gasteiger partial charge in [0, 0.05) is 11.6 Å². The molecule has 0 radical (unpaired) electrons. The number of rotatable bonds is 5. The van der Waals surface area contributed by atoms with E-state index in [1.165, 1.54) is 0 Å². The molecule has 4 rings (SSSR count). The van der Waals surface area contributed by atoms with Gasteiger partial charge in [-0.1, -0.05) is 42.5 Å². The summed E-state index contributed by atoms with van der Waals surface area (Å²) in [6, 6.07) is 23.5. The standard InChI is InChI=1S/C22H18N2O3S/c1-27-19-11-7-16(8-12-19)17-9-13-20(14-10-17)28(25,26)24-21-6-2-4-18-5-3-15-23-22(18)21/h2-15,24H,1H3. The van der Waals surface area contributed by atoms with Crippen LogP contribution >= 0.6 is 0 Å². The maximum atomic E-state index is 12.8. The molecule has 0 saturated carbocycles. The van der Waals surface area contributed by atoms with Crippen LogP contribution in [0.5, 0.6) is 5.75 Å². The van der Waals surface area contributed by atoms with Gasteiger partial charge < -0.3 is 4.74 Å². The summed E-state index contributed by atoms with van der Waals surface area (Å²) < 4.78 is 33.5. The number of aromatic nitrogens is 1. The van der Waals surface area contributed by atoms with Crippen molar-refractivity contribution >= 4 is 26.6 Å². The lowest BCUT2D eigenvalue weighted by atomic mass is 10.1. The van der Waals surface area contributed by atoms with E-state index >= 15 is 0 Å². The number of sulfonamides is 1. The molecule has 6 heteroatoms. The number of benzene rings is 3. The zero-order valence-corrected chi connectivity index (χ0v) is 16.0. The highest BCUT2D eigenvalue weighted by Gasteiger charge is 2.16. The van der Waals surface area contributed by atoms with Crippen LogP contribution in [-0.2, 0) is 10.0 Å². The highest BCUT2D eigenvalue weighted by atomic mass is 32.2. The molecule has 5 nitrogen and oxygen atoms in total. The minimum absolute atomic E-state index is 0.192. The van der Waals surface area contributed by atoms with Crippen LogP contribution in [0.25, 0.3) is 22.0 Å². The van der Waals surface area contributed by atoms with Crippen molar-refractivity contribution in [3.63, 3.8) is 0 Å². The van der Waals surface area contributed by atoms with Gasteiger partial charge in [0.25, 0.3) is 10.0 Å². The summed E-state index contributed by atoms with van der Waals surface area (Å²) >= 11 is 0. The molecule has 28 heavy (non-hydrogen) atoms. The molecule has 0 bridgehead atoms. The summed E-state index contributed by atoms with van der Waals surface area (Å²) in [6.45, 7) is 0. The predicted octanol–water partition coefficient (Wildman–Crippen LogP) is 4.71. The van der Waals surface area contributed by atoms with Crippen LogP contribution in [0.3, 0.4) is 0 Å². The molecule has 1 heterocycles. The Balaban J connectivity index is 1.62. The third-order valence-electron chi connectivity index (χ3n) is 4.47. The summed E-state index contributed by atoms with van der Waals surface area (Å²) in [5.41, 5.74) is 2.98. The van der Waals surface area contributed by atoms with E-state index < -0.39 is 10.0 Å². The average Bonchev–Trinajstić information content (AvgIpc) is 2.74. The molecule has 0 aliphatic carbocycles. The Morgan fingerprint density at radius 3 is 2.14 bits per heavy atom. The van der Waals surface area contributed by atoms with Crippen LogP contribution in [0.1, 0.15) is 0 Å². The van der Waals surface area contributed by atoms with Crippen molar-refractivity contribution in [2.45, 2.75) is 4.90 Å². The van der Waals surface area contributed by atoms with Gasteiger partial charge in [0.2, 0.25) is 0 Å². The summed E-state index contributed by atoms with van der Waals surface area (Å²) in [5, 5.41) is 0.873. The molecule has 0 spiro atoms. The Kier molecular flexibility index (Phi) is 4.71. The van der Waals surface area contributed by atoms with Gasteiger partial charge in [0.05, 0.1) is 23.2 Å². The average molecular weight is 390 g/mol. The number of pyridine rings is 1. The van der Waals surface area contributed by atoms with Gasteiger partial charge in [0.15, 0.2) is 0 Å². The summed E-state index contributed by atoms with van der Waals surface area (Å²) in [7, 11) is -2.11. The summed E-state index contributed by atoms with van der Waals surface area (Å²) in [5.74, 6) is 0.774. The molecule has 0 aliphatic rings. The van der Waals surface area contributed by atoms with E-state index in [-0.39, 0.29) is 4.90 Å². The molecule has 0 fully saturated rings. The van der Waals surface area contributed by atoms with E-state index in [9.17, 15) is 8.42 Å². The molecule has 140 valence electrons. The topological polar surface area (TPSA) is 68.3 Å². The second-order valence-corrected chi connectivity index (χ2v) is 7.92. The SMILES string of the molecule is COc1ccc(-c2ccc(S(=O)(=O)Nc3cccc4cccnc34)cc2)cc1. The van der Waals surface area contributed by atoms with Gasteiger partial charge in [-0.05, 0) is 47.5 Å². The van der Waals surface area contributed by atoms with E-state index in [0.29, 0.717) is 11.2 Å². The zero-order valence-electron chi connectivity index (χ0n) is 15.2. The fourth-order valence-corrected chi connectivity index (χ4v) is 4.07. The molecule has 0 amide bonds. The molecule has 3 aromatic carbocycles. The van der Waals surface area contributed by atoms with E-state index in [2.05, 4.69) is 9.71 Å². The summed E-state index contributed by atoms with van der Waals surface area (Å²) in [6.07, 6.45) is 1.64. The monoisotopic (exact) mass is 390 g/mol. The Morgan fingerprint density at radius 1 is 0.821 bits per heavy atom. The van der Waals surface area contributed by atoms with Crippen LogP contribution in [0.4, 0.5) is 5.69 Å². The molecular weight excluding hydrogens is 372 g/mol. The normalized spacial score (nSPS) is 11.3. The number of fused-ring (bicyclic) bond motifs is 1. The van der Waals surface area contributed by atoms with Gasteiger partial charge in [0.1, 0.15) is 5.75 Å². The number of hydrogen-bond donors (Lipinski definition) is 1. The molecule has 0 unspecified atom stereocenters. The van der Waals surface area contributed by atoms with Gasteiger partial charge in [-0.15, -0.1) is 0 Å². The van der Waals surface area contributed by atoms with Crippen LogP contribution in [0.2, 0.25) is 0 Å². The van der Waals surface area contributed by atoms with E-state index in [4.69, 9.17) is 4.74 Å². The lowest BCUT2D eigenvalue weighted by Gasteiger charge is -2.11. The fourth-order valence-electron chi connectivity index (χ4n) is 3.00. The Labute approximate surface area is 163 Å². The third-order valence-corrected chi connectivity index (χ3v) is 5.85. The largest absolute Gasteiger partial charge is 0.497 e. The van der Waals surface area contributed by atoms with E-state index in [1.807, 2.05) is 42.5 Å². The van der Waals surface area contributed by atoms with Crippen LogP contribution in [-0.4, -0.2) is 20.5 Å². The lowest BCUT2D eigenvalue weighted by Crippen LogP contribution is -2.13. The van der Waals surface area contributed by atoms with Gasteiger partial charge >= 0.3 is 0 Å². The predicted molar refractivity (Wildman–Crippen MR) is 111 cm³/mol. The molecule has 0 saturated heterocycles. The van der Waals surface area contributed by atoms with E-state index in [0.717, 1.165) is 22.3 Å². The Bertz CT molecular complexity index is 1210. The van der Waals surface area contributed by atoms with Gasteiger partial charge in [-0.25, -0.2) is 8.42 Å². The summed E-state index contributed by atoms with van der Waals surface area (Å²) in [4.78, 5) is 4.48. The minimum Gasteiger partial charge on any atom is -0.497 e. The van der Waals surface area contributed by atoms with Crippen molar-refractivity contribution in [3.8, 4) is 16.9 Å². The minimum atomic E-state index is -3.72. The van der Waals surface area contributed by atoms with Gasteiger partial charge in [-0.3, -0.25) is 9.71 Å². The van der Waals surface area contributed by atoms with Crippen molar-refractivity contribution in [2.24, 2.45) is 0 Å². The first-order valence-corrected chi connectivity index (χ1v) is 10.2. The highest BCUT2D eigenvalue weighted by molar-refractivity contribution is 7.92. The number of methoxy groups -OCH3 is 1. The molecule has 1 aromatic heterocycles. The quantitative estimate of drug-likeness (QED) is 0.536. The first-order valence-electron chi connectivity index (χ1n) is 8.68. The Hall–Kier alpha value is -3.38. The number of hydrogen-bond acceptors (Lipinski definition) is 4. The van der Waals surface area contributed by atoms with Crippen molar-refractivity contribution in [2.75, 3.05) is 11.8 Å². The number of anilines is 1. The van der Waals surface area contributed by atoms with Crippen molar-refractivity contribution in [1.82, 2.24) is 4.98 Å². The maximum absolute atomic E-state index is 12.8. The second kappa shape index (κ2) is 7.32. The van der Waals surface area contributed by atoms with Crippen molar-refractivity contribution in [1.29, 1.82) is 0 Å². The molecule has 1 N–H and O–H groups in total. The third kappa shape index (κ3) is 3.54. The molecule has 0 atom stereocenters. The zero-order chi connectivity index (χ0) is 19.6. The van der Waals surface area contributed by atoms with Crippen LogP contribution in [0, 0.1) is 0 Å². The van der Waals surface area contributed by atoms with Gasteiger partial charge in [-0.2, -0.15) is 0 Å². The molecular formula is C22H18N2O3S. The second-order valence-electron chi connectivity index (χ2n) is 6.24. The number of nitrogens with one attached hydrogen (secondary N) is 1. The maximum Gasteiger partial charge on any atom is 0.261 e. The lowest BCUT2D eigenvalue weighted by molar-refractivity contribution is 0.415. The van der Waals surface area contributed by atoms with Crippen molar-refractivity contribution in [3.05, 3.63) is 85.1 Å². The molecule has 0 aliphatic heterocycles. The van der Waals surface area contributed by atoms with Crippen molar-refractivity contribution < 1.29 is 13.2 Å². The first kappa shape index (κ1) is 18.0. The molecule has 4 aromatic rings. The van der Waals surface area contributed by atoms with Crippen LogP contribution in [0.15, 0.2) is 90.0 Å².